The van der Waals surface area contributed by atoms with Crippen LogP contribution in [-0.4, -0.2) is 23.5 Å². The van der Waals surface area contributed by atoms with Crippen LogP contribution in [0.3, 0.4) is 0 Å². The molecule has 2 rings (SSSR count). The zero-order valence-electron chi connectivity index (χ0n) is 12.2. The van der Waals surface area contributed by atoms with E-state index in [-0.39, 0.29) is 6.04 Å². The topological polar surface area (TPSA) is 42.1 Å². The Labute approximate surface area is 123 Å². The van der Waals surface area contributed by atoms with Crippen molar-refractivity contribution in [1.82, 2.24) is 9.88 Å². The van der Waals surface area contributed by atoms with Gasteiger partial charge in [-0.15, -0.1) is 0 Å². The van der Waals surface area contributed by atoms with Crippen LogP contribution in [0.1, 0.15) is 23.0 Å². The molecular weight excluding hydrogens is 272 g/mol. The maximum absolute atomic E-state index is 13.2. The van der Waals surface area contributed by atoms with Gasteiger partial charge in [-0.25, -0.2) is 8.78 Å². The second kappa shape index (κ2) is 6.74. The molecule has 0 amide bonds. The second-order valence-corrected chi connectivity index (χ2v) is 5.25. The molecule has 112 valence electrons. The summed E-state index contributed by atoms with van der Waals surface area (Å²) >= 11 is 0. The lowest BCUT2D eigenvalue weighted by molar-refractivity contribution is 0.301. The Balaban J connectivity index is 1.98. The van der Waals surface area contributed by atoms with Crippen molar-refractivity contribution in [2.24, 2.45) is 5.73 Å². The average Bonchev–Trinajstić information content (AvgIpc) is 2.41. The van der Waals surface area contributed by atoms with Gasteiger partial charge in [-0.3, -0.25) is 9.88 Å². The van der Waals surface area contributed by atoms with Crippen LogP contribution in [0, 0.1) is 18.6 Å². The Morgan fingerprint density at radius 1 is 1.19 bits per heavy atom. The summed E-state index contributed by atoms with van der Waals surface area (Å²) in [6.45, 7) is 3.12. The molecule has 3 nitrogen and oxygen atoms in total. The Kier molecular flexibility index (Phi) is 4.98. The van der Waals surface area contributed by atoms with Crippen LogP contribution < -0.4 is 5.73 Å². The van der Waals surface area contributed by atoms with E-state index >= 15 is 0 Å². The van der Waals surface area contributed by atoms with Gasteiger partial charge in [0.1, 0.15) is 0 Å². The van der Waals surface area contributed by atoms with E-state index in [4.69, 9.17) is 5.73 Å². The molecular formula is C16H19F2N3. The van der Waals surface area contributed by atoms with Crippen LogP contribution in [-0.2, 0) is 6.54 Å². The average molecular weight is 291 g/mol. The van der Waals surface area contributed by atoms with Crippen LogP contribution in [0.15, 0.2) is 36.4 Å². The number of nitrogens with zero attached hydrogens (tertiary/aromatic N) is 2. The largest absolute Gasteiger partial charge is 0.323 e. The molecule has 2 N–H and O–H groups in total. The highest BCUT2D eigenvalue weighted by Gasteiger charge is 2.12. The van der Waals surface area contributed by atoms with E-state index in [1.54, 1.807) is 0 Å². The van der Waals surface area contributed by atoms with Crippen molar-refractivity contribution >= 4 is 0 Å². The van der Waals surface area contributed by atoms with Crippen LogP contribution in [0.4, 0.5) is 8.78 Å². The summed E-state index contributed by atoms with van der Waals surface area (Å²) in [4.78, 5) is 6.43. The molecule has 0 radical (unpaired) electrons. The van der Waals surface area contributed by atoms with Gasteiger partial charge in [-0.05, 0) is 43.8 Å². The maximum Gasteiger partial charge on any atom is 0.159 e. The number of rotatable bonds is 5. The van der Waals surface area contributed by atoms with Crippen molar-refractivity contribution in [3.8, 4) is 0 Å². The molecule has 0 spiro atoms. The molecule has 1 aromatic heterocycles. The lowest BCUT2D eigenvalue weighted by Crippen LogP contribution is -2.29. The number of aromatic nitrogens is 1. The molecule has 1 heterocycles. The highest BCUT2D eigenvalue weighted by molar-refractivity contribution is 5.21. The minimum atomic E-state index is -0.869. The fraction of sp³-hybridized carbons (Fsp3) is 0.312. The molecule has 0 fully saturated rings. The minimum Gasteiger partial charge on any atom is -0.323 e. The van der Waals surface area contributed by atoms with Gasteiger partial charge < -0.3 is 5.73 Å². The summed E-state index contributed by atoms with van der Waals surface area (Å²) in [5.74, 6) is -1.73. The Morgan fingerprint density at radius 3 is 2.62 bits per heavy atom. The summed E-state index contributed by atoms with van der Waals surface area (Å²) in [6.07, 6.45) is 0. The van der Waals surface area contributed by atoms with Gasteiger partial charge in [-0.2, -0.15) is 0 Å². The van der Waals surface area contributed by atoms with Gasteiger partial charge in [0.2, 0.25) is 0 Å². The van der Waals surface area contributed by atoms with Crippen LogP contribution in [0.2, 0.25) is 0 Å². The third-order valence-electron chi connectivity index (χ3n) is 3.26. The lowest BCUT2D eigenvalue weighted by Gasteiger charge is -2.21. The lowest BCUT2D eigenvalue weighted by atomic mass is 10.1. The zero-order valence-corrected chi connectivity index (χ0v) is 12.2. The molecule has 0 saturated carbocycles. The van der Waals surface area contributed by atoms with Gasteiger partial charge in [0.25, 0.3) is 0 Å². The first-order chi connectivity index (χ1) is 9.95. The van der Waals surface area contributed by atoms with Gasteiger partial charge in [0.15, 0.2) is 11.6 Å². The van der Waals surface area contributed by atoms with Crippen molar-refractivity contribution in [3.05, 3.63) is 65.0 Å². The summed E-state index contributed by atoms with van der Waals surface area (Å²) in [7, 11) is 1.92. The molecule has 0 bridgehead atoms. The molecule has 21 heavy (non-hydrogen) atoms. The van der Waals surface area contributed by atoms with E-state index in [9.17, 15) is 8.78 Å². The Hall–Kier alpha value is -1.85. The fourth-order valence-electron chi connectivity index (χ4n) is 2.21. The van der Waals surface area contributed by atoms with Crippen molar-refractivity contribution < 1.29 is 8.78 Å². The third-order valence-corrected chi connectivity index (χ3v) is 3.26. The van der Waals surface area contributed by atoms with Gasteiger partial charge >= 0.3 is 0 Å². The van der Waals surface area contributed by atoms with Gasteiger partial charge in [0.05, 0.1) is 5.69 Å². The monoisotopic (exact) mass is 291 g/mol. The maximum atomic E-state index is 13.2. The number of hydrogen-bond donors (Lipinski definition) is 1. The molecule has 0 aliphatic carbocycles. The third kappa shape index (κ3) is 4.31. The molecule has 1 atom stereocenters. The van der Waals surface area contributed by atoms with E-state index in [2.05, 4.69) is 4.98 Å². The number of halogens is 2. The van der Waals surface area contributed by atoms with Crippen molar-refractivity contribution in [2.75, 3.05) is 13.6 Å². The molecule has 2 aromatic rings. The Bertz CT molecular complexity index is 616. The summed E-state index contributed by atoms with van der Waals surface area (Å²) in [5.41, 5.74) is 8.55. The van der Waals surface area contributed by atoms with Crippen LogP contribution >= 0.6 is 0 Å². The smallest absolute Gasteiger partial charge is 0.159 e. The normalized spacial score (nSPS) is 12.7. The SMILES string of the molecule is Cc1cccc(CN(C)CC(N)c2ccc(F)c(F)c2)n1. The van der Waals surface area contributed by atoms with Crippen molar-refractivity contribution in [3.63, 3.8) is 0 Å². The standard InChI is InChI=1S/C16H19F2N3/c1-11-4-3-5-13(20-11)9-21(2)10-16(19)12-6-7-14(17)15(18)8-12/h3-8,16H,9-10,19H2,1-2H3. The Morgan fingerprint density at radius 2 is 1.95 bits per heavy atom. The molecule has 0 saturated heterocycles. The predicted molar refractivity (Wildman–Crippen MR) is 78.6 cm³/mol. The number of nitrogens with two attached hydrogens (primary N) is 1. The molecule has 0 aliphatic heterocycles. The molecule has 0 aliphatic rings. The quantitative estimate of drug-likeness (QED) is 0.921. The zero-order chi connectivity index (χ0) is 15.4. The van der Waals surface area contributed by atoms with E-state index in [0.29, 0.717) is 18.7 Å². The van der Waals surface area contributed by atoms with Crippen LogP contribution in [0.25, 0.3) is 0 Å². The highest BCUT2D eigenvalue weighted by atomic mass is 19.2. The van der Waals surface area contributed by atoms with E-state index in [0.717, 1.165) is 23.5 Å². The van der Waals surface area contributed by atoms with Gasteiger partial charge in [0, 0.05) is 24.8 Å². The van der Waals surface area contributed by atoms with Crippen molar-refractivity contribution in [2.45, 2.75) is 19.5 Å². The van der Waals surface area contributed by atoms with E-state index < -0.39 is 11.6 Å². The summed E-state index contributed by atoms with van der Waals surface area (Å²) < 4.78 is 26.1. The summed E-state index contributed by atoms with van der Waals surface area (Å²) in [6, 6.07) is 9.24. The molecule has 1 unspecified atom stereocenters. The number of benzene rings is 1. The fourth-order valence-corrected chi connectivity index (χ4v) is 2.21. The second-order valence-electron chi connectivity index (χ2n) is 5.25. The van der Waals surface area contributed by atoms with E-state index in [1.165, 1.54) is 6.07 Å². The number of hydrogen-bond acceptors (Lipinski definition) is 3. The first-order valence-corrected chi connectivity index (χ1v) is 6.77. The van der Waals surface area contributed by atoms with Crippen LogP contribution in [0.5, 0.6) is 0 Å². The number of aryl methyl sites for hydroxylation is 1. The number of pyridine rings is 1. The number of likely N-dealkylation sites (N-methyl/N-ethyl adjacent to an activating group) is 1. The van der Waals surface area contributed by atoms with E-state index in [1.807, 2.05) is 37.1 Å². The first kappa shape index (κ1) is 15.5. The predicted octanol–water partition coefficient (Wildman–Crippen LogP) is 2.80. The highest BCUT2D eigenvalue weighted by Crippen LogP contribution is 2.16. The first-order valence-electron chi connectivity index (χ1n) is 6.77. The molecule has 1 aromatic carbocycles. The molecule has 5 heteroatoms. The van der Waals surface area contributed by atoms with Gasteiger partial charge in [-0.1, -0.05) is 12.1 Å². The summed E-state index contributed by atoms with van der Waals surface area (Å²) in [5, 5.41) is 0. The van der Waals surface area contributed by atoms with Crippen molar-refractivity contribution in [1.29, 1.82) is 0 Å². The minimum absolute atomic E-state index is 0.380.